The lowest BCUT2D eigenvalue weighted by molar-refractivity contribution is -0.0650. The topological polar surface area (TPSA) is 46.5 Å². The summed E-state index contributed by atoms with van der Waals surface area (Å²) in [5, 5.41) is 11.6. The van der Waals surface area contributed by atoms with Crippen molar-refractivity contribution in [2.24, 2.45) is 22.7 Å². The third kappa shape index (κ3) is 11.9. The van der Waals surface area contributed by atoms with Gasteiger partial charge in [-0.2, -0.15) is 0 Å². The van der Waals surface area contributed by atoms with E-state index >= 15 is 0 Å². The molecule has 1 aromatic rings. The molecule has 0 spiro atoms. The summed E-state index contributed by atoms with van der Waals surface area (Å²) in [6.07, 6.45) is 13.7. The molecule has 0 fully saturated rings. The molecule has 0 bridgehead atoms. The van der Waals surface area contributed by atoms with Crippen molar-refractivity contribution in [2.45, 2.75) is 125 Å². The molecule has 0 aliphatic rings. The second-order valence-electron chi connectivity index (χ2n) is 12.4. The van der Waals surface area contributed by atoms with Gasteiger partial charge in [-0.15, -0.1) is 0 Å². The molecule has 0 amide bonds. The number of benzene rings is 1. The second kappa shape index (κ2) is 15.6. The fourth-order valence-electron chi connectivity index (χ4n) is 4.93. The Morgan fingerprint density at radius 3 is 1.71 bits per heavy atom. The molecule has 1 aromatic carbocycles. The van der Waals surface area contributed by atoms with Crippen LogP contribution in [0.5, 0.6) is 0 Å². The van der Waals surface area contributed by atoms with Crippen molar-refractivity contribution in [1.82, 2.24) is 0 Å². The van der Waals surface area contributed by atoms with Crippen molar-refractivity contribution < 1.29 is 14.6 Å². The minimum Gasteiger partial charge on any atom is -0.462 e. The lowest BCUT2D eigenvalue weighted by Gasteiger charge is -2.42. The highest BCUT2D eigenvalue weighted by molar-refractivity contribution is 5.89. The molecule has 0 radical (unpaired) electrons. The SMILES string of the molecule is CCCCCCCCCCCCC(C(O)C(COC(=O)c1ccccc1)C(C)(C)C)C(C)(C)C. The first-order chi connectivity index (χ1) is 16.0. The van der Waals surface area contributed by atoms with Crippen molar-refractivity contribution >= 4 is 5.97 Å². The molecular weight excluding hydrogens is 420 g/mol. The number of carbonyl (C=O) groups is 1. The van der Waals surface area contributed by atoms with E-state index in [0.29, 0.717) is 5.56 Å². The summed E-state index contributed by atoms with van der Waals surface area (Å²) in [6.45, 7) is 15.6. The molecule has 0 aliphatic carbocycles. The molecule has 0 saturated carbocycles. The predicted octanol–water partition coefficient (Wildman–Crippen LogP) is 8.84. The van der Waals surface area contributed by atoms with E-state index in [1.165, 1.54) is 57.8 Å². The van der Waals surface area contributed by atoms with Gasteiger partial charge >= 0.3 is 5.97 Å². The molecule has 1 N–H and O–H groups in total. The summed E-state index contributed by atoms with van der Waals surface area (Å²) in [7, 11) is 0. The minimum atomic E-state index is -0.512. The number of aliphatic hydroxyl groups is 1. The molecule has 3 nitrogen and oxygen atoms in total. The van der Waals surface area contributed by atoms with Crippen LogP contribution in [0, 0.1) is 22.7 Å². The highest BCUT2D eigenvalue weighted by atomic mass is 16.5. The molecule has 34 heavy (non-hydrogen) atoms. The fraction of sp³-hybridized carbons (Fsp3) is 0.774. The van der Waals surface area contributed by atoms with Crippen molar-refractivity contribution in [1.29, 1.82) is 0 Å². The van der Waals surface area contributed by atoms with E-state index in [1.54, 1.807) is 12.1 Å². The van der Waals surface area contributed by atoms with Gasteiger partial charge in [0.15, 0.2) is 0 Å². The highest BCUT2D eigenvalue weighted by Crippen LogP contribution is 2.41. The number of esters is 1. The summed E-state index contributed by atoms with van der Waals surface area (Å²) in [6, 6.07) is 9.12. The van der Waals surface area contributed by atoms with Gasteiger partial charge < -0.3 is 9.84 Å². The van der Waals surface area contributed by atoms with Crippen molar-refractivity contribution in [3.8, 4) is 0 Å². The van der Waals surface area contributed by atoms with E-state index in [-0.39, 0.29) is 35.2 Å². The van der Waals surface area contributed by atoms with E-state index in [1.807, 2.05) is 18.2 Å². The van der Waals surface area contributed by atoms with Crippen molar-refractivity contribution in [3.63, 3.8) is 0 Å². The number of hydrogen-bond acceptors (Lipinski definition) is 3. The van der Waals surface area contributed by atoms with Crippen LogP contribution in [0.4, 0.5) is 0 Å². The van der Waals surface area contributed by atoms with E-state index in [0.717, 1.165) is 12.8 Å². The largest absolute Gasteiger partial charge is 0.462 e. The van der Waals surface area contributed by atoms with Gasteiger partial charge in [0, 0.05) is 5.92 Å². The van der Waals surface area contributed by atoms with Crippen molar-refractivity contribution in [2.75, 3.05) is 6.61 Å². The molecule has 0 aliphatic heterocycles. The Morgan fingerprint density at radius 2 is 1.24 bits per heavy atom. The molecule has 3 heteroatoms. The maximum Gasteiger partial charge on any atom is 0.338 e. The lowest BCUT2D eigenvalue weighted by atomic mass is 9.66. The van der Waals surface area contributed by atoms with Crippen LogP contribution in [-0.4, -0.2) is 23.8 Å². The van der Waals surface area contributed by atoms with Gasteiger partial charge in [-0.05, 0) is 35.3 Å². The van der Waals surface area contributed by atoms with Crippen LogP contribution in [0.2, 0.25) is 0 Å². The summed E-state index contributed by atoms with van der Waals surface area (Å²) >= 11 is 0. The van der Waals surface area contributed by atoms with Gasteiger partial charge in [-0.1, -0.05) is 131 Å². The van der Waals surface area contributed by atoms with E-state index in [4.69, 9.17) is 4.74 Å². The lowest BCUT2D eigenvalue weighted by Crippen LogP contribution is -2.44. The zero-order chi connectivity index (χ0) is 25.6. The number of hydrogen-bond donors (Lipinski definition) is 1. The Morgan fingerprint density at radius 1 is 0.765 bits per heavy atom. The Balaban J connectivity index is 2.61. The Hall–Kier alpha value is -1.35. The average molecular weight is 475 g/mol. The number of aliphatic hydroxyl groups excluding tert-OH is 1. The molecule has 0 saturated heterocycles. The van der Waals surface area contributed by atoms with Crippen LogP contribution in [0.1, 0.15) is 129 Å². The van der Waals surface area contributed by atoms with Gasteiger partial charge in [0.2, 0.25) is 0 Å². The second-order valence-corrected chi connectivity index (χ2v) is 12.4. The molecule has 196 valence electrons. The minimum absolute atomic E-state index is 0.00830. The molecule has 1 rings (SSSR count). The zero-order valence-corrected chi connectivity index (χ0v) is 23.4. The van der Waals surface area contributed by atoms with E-state index in [9.17, 15) is 9.90 Å². The Labute approximate surface area is 211 Å². The van der Waals surface area contributed by atoms with Crippen LogP contribution in [0.15, 0.2) is 30.3 Å². The fourth-order valence-corrected chi connectivity index (χ4v) is 4.93. The van der Waals surface area contributed by atoms with Crippen LogP contribution >= 0.6 is 0 Å². The highest BCUT2D eigenvalue weighted by Gasteiger charge is 2.40. The Kier molecular flexibility index (Phi) is 14.1. The molecular formula is C31H54O3. The molecule has 3 unspecified atom stereocenters. The maximum atomic E-state index is 12.5. The van der Waals surface area contributed by atoms with Gasteiger partial charge in [0.1, 0.15) is 0 Å². The molecule has 3 atom stereocenters. The van der Waals surface area contributed by atoms with Gasteiger partial charge in [0.25, 0.3) is 0 Å². The predicted molar refractivity (Wildman–Crippen MR) is 145 cm³/mol. The van der Waals surface area contributed by atoms with Crippen LogP contribution in [0.25, 0.3) is 0 Å². The quantitative estimate of drug-likeness (QED) is 0.192. The maximum absolute atomic E-state index is 12.5. The normalized spacial score (nSPS) is 15.1. The zero-order valence-electron chi connectivity index (χ0n) is 23.4. The van der Waals surface area contributed by atoms with Crippen LogP contribution < -0.4 is 0 Å². The number of rotatable bonds is 16. The first kappa shape index (κ1) is 30.7. The molecule has 0 aromatic heterocycles. The average Bonchev–Trinajstić information content (AvgIpc) is 2.76. The number of unbranched alkanes of at least 4 members (excludes halogenated alkanes) is 9. The van der Waals surface area contributed by atoms with Crippen LogP contribution in [-0.2, 0) is 4.74 Å². The van der Waals surface area contributed by atoms with Gasteiger partial charge in [-0.3, -0.25) is 0 Å². The summed E-state index contributed by atoms with van der Waals surface area (Å²) in [5.41, 5.74) is 0.380. The third-order valence-corrected chi connectivity index (χ3v) is 7.32. The van der Waals surface area contributed by atoms with E-state index in [2.05, 4.69) is 48.5 Å². The van der Waals surface area contributed by atoms with Gasteiger partial charge in [-0.25, -0.2) is 4.79 Å². The summed E-state index contributed by atoms with van der Waals surface area (Å²) in [5.74, 6) is -0.266. The monoisotopic (exact) mass is 474 g/mol. The van der Waals surface area contributed by atoms with Gasteiger partial charge in [0.05, 0.1) is 18.3 Å². The Bertz CT molecular complexity index is 653. The van der Waals surface area contributed by atoms with Crippen molar-refractivity contribution in [3.05, 3.63) is 35.9 Å². The number of ether oxygens (including phenoxy) is 1. The third-order valence-electron chi connectivity index (χ3n) is 7.32. The van der Waals surface area contributed by atoms with Crippen LogP contribution in [0.3, 0.4) is 0 Å². The molecule has 0 heterocycles. The smallest absolute Gasteiger partial charge is 0.338 e. The first-order valence-corrected chi connectivity index (χ1v) is 13.9. The summed E-state index contributed by atoms with van der Waals surface area (Å²) in [4.78, 5) is 12.5. The number of carbonyl (C=O) groups excluding carboxylic acids is 1. The summed E-state index contributed by atoms with van der Waals surface area (Å²) < 4.78 is 5.71. The van der Waals surface area contributed by atoms with E-state index < -0.39 is 6.10 Å². The standard InChI is InChI=1S/C31H54O3/c1-8-9-10-11-12-13-14-15-16-20-23-26(30(2,3)4)28(32)27(31(5,6)7)24-34-29(33)25-21-18-17-19-22-25/h17-19,21-22,26-28,32H,8-16,20,23-24H2,1-7H3. The first-order valence-electron chi connectivity index (χ1n) is 13.9.